The van der Waals surface area contributed by atoms with Gasteiger partial charge in [0.15, 0.2) is 5.69 Å². The molecular weight excluding hydrogens is 385 g/mol. The van der Waals surface area contributed by atoms with E-state index in [1.165, 1.54) is 0 Å². The van der Waals surface area contributed by atoms with Crippen molar-refractivity contribution in [1.29, 1.82) is 0 Å². The van der Waals surface area contributed by atoms with E-state index in [0.717, 1.165) is 6.92 Å². The lowest BCUT2D eigenvalue weighted by Crippen LogP contribution is -2.27. The predicted octanol–water partition coefficient (Wildman–Crippen LogP) is 4.89. The summed E-state index contributed by atoms with van der Waals surface area (Å²) in [5, 5.41) is -1.12. The Hall–Kier alpha value is -1.74. The van der Waals surface area contributed by atoms with Crippen LogP contribution in [-0.2, 0) is 12.4 Å². The van der Waals surface area contributed by atoms with Gasteiger partial charge in [0.1, 0.15) is 6.33 Å². The van der Waals surface area contributed by atoms with Gasteiger partial charge in [-0.25, -0.2) is 4.98 Å². The van der Waals surface area contributed by atoms with E-state index >= 15 is 0 Å². The highest BCUT2D eigenvalue weighted by Crippen LogP contribution is 2.37. The summed E-state index contributed by atoms with van der Waals surface area (Å²) in [6.45, 7) is 0.889. The number of hydrogen-bond acceptors (Lipinski definition) is 2. The van der Waals surface area contributed by atoms with Gasteiger partial charge in [-0.05, 0) is 19.1 Å². The molecular formula is C13H6Cl2F6N2O. The van der Waals surface area contributed by atoms with Crippen molar-refractivity contribution >= 4 is 23.2 Å². The van der Waals surface area contributed by atoms with Crippen LogP contribution >= 0.6 is 23.2 Å². The fourth-order valence-corrected chi connectivity index (χ4v) is 2.62. The second-order valence-corrected chi connectivity index (χ2v) is 5.49. The molecule has 0 radical (unpaired) electrons. The van der Waals surface area contributed by atoms with Crippen LogP contribution in [-0.4, -0.2) is 9.55 Å². The minimum absolute atomic E-state index is 0.388. The summed E-state index contributed by atoms with van der Waals surface area (Å²) >= 11 is 11.5. The molecule has 0 saturated heterocycles. The number of nitrogens with zero attached hydrogens (tertiary/aromatic N) is 2. The van der Waals surface area contributed by atoms with E-state index in [1.54, 1.807) is 0 Å². The summed E-state index contributed by atoms with van der Waals surface area (Å²) in [4.78, 5) is 15.2. The lowest BCUT2D eigenvalue weighted by molar-refractivity contribution is -0.142. The molecule has 130 valence electrons. The zero-order chi connectivity index (χ0) is 18.4. The first kappa shape index (κ1) is 18.6. The topological polar surface area (TPSA) is 34.9 Å². The van der Waals surface area contributed by atoms with E-state index in [1.807, 2.05) is 0 Å². The number of halogens is 8. The third kappa shape index (κ3) is 3.36. The quantitative estimate of drug-likeness (QED) is 0.650. The average Bonchev–Trinajstić information content (AvgIpc) is 2.40. The fraction of sp³-hybridized carbons (Fsp3) is 0.231. The van der Waals surface area contributed by atoms with Crippen molar-refractivity contribution < 1.29 is 26.3 Å². The molecule has 11 heteroatoms. The molecule has 0 amide bonds. The van der Waals surface area contributed by atoms with E-state index in [9.17, 15) is 31.1 Å². The Balaban J connectivity index is 2.71. The molecule has 1 aromatic heterocycles. The third-order valence-corrected chi connectivity index (χ3v) is 3.63. The molecule has 2 rings (SSSR count). The number of hydrogen-bond donors (Lipinski definition) is 0. The lowest BCUT2D eigenvalue weighted by Gasteiger charge is -2.15. The Kier molecular flexibility index (Phi) is 4.62. The van der Waals surface area contributed by atoms with Crippen LogP contribution in [0.25, 0.3) is 5.69 Å². The number of benzene rings is 1. The zero-order valence-electron chi connectivity index (χ0n) is 11.6. The largest absolute Gasteiger partial charge is 0.433 e. The van der Waals surface area contributed by atoms with Gasteiger partial charge in [0.2, 0.25) is 0 Å². The minimum Gasteiger partial charge on any atom is -0.269 e. The Morgan fingerprint density at radius 2 is 1.50 bits per heavy atom. The van der Waals surface area contributed by atoms with E-state index in [0.29, 0.717) is 23.0 Å². The summed E-state index contributed by atoms with van der Waals surface area (Å²) in [5.41, 5.74) is -4.84. The summed E-state index contributed by atoms with van der Waals surface area (Å²) < 4.78 is 76.8. The molecule has 0 unspecified atom stereocenters. The SMILES string of the molecule is Cc1c(C(F)(F)F)ncn(-c2c(Cl)cc(C(F)(F)F)cc2Cl)c1=O. The van der Waals surface area contributed by atoms with Crippen LogP contribution in [0, 0.1) is 6.92 Å². The van der Waals surface area contributed by atoms with Crippen LogP contribution in [0.2, 0.25) is 10.0 Å². The zero-order valence-corrected chi connectivity index (χ0v) is 13.1. The minimum atomic E-state index is -4.85. The summed E-state index contributed by atoms with van der Waals surface area (Å²) in [5.74, 6) is 0. The van der Waals surface area contributed by atoms with Crippen LogP contribution in [0.15, 0.2) is 23.3 Å². The van der Waals surface area contributed by atoms with Gasteiger partial charge >= 0.3 is 12.4 Å². The Morgan fingerprint density at radius 3 is 1.92 bits per heavy atom. The Morgan fingerprint density at radius 1 is 1.00 bits per heavy atom. The number of alkyl halides is 6. The Bertz CT molecular complexity index is 834. The smallest absolute Gasteiger partial charge is 0.269 e. The van der Waals surface area contributed by atoms with Crippen molar-refractivity contribution in [1.82, 2.24) is 9.55 Å². The van der Waals surface area contributed by atoms with Crippen LogP contribution in [0.4, 0.5) is 26.3 Å². The van der Waals surface area contributed by atoms with Crippen molar-refractivity contribution in [2.75, 3.05) is 0 Å². The maximum atomic E-state index is 12.7. The van der Waals surface area contributed by atoms with Gasteiger partial charge in [0.25, 0.3) is 5.56 Å². The molecule has 0 fully saturated rings. The van der Waals surface area contributed by atoms with E-state index in [-0.39, 0.29) is 5.69 Å². The third-order valence-electron chi connectivity index (χ3n) is 3.05. The van der Waals surface area contributed by atoms with Gasteiger partial charge < -0.3 is 0 Å². The van der Waals surface area contributed by atoms with Crippen molar-refractivity contribution in [3.63, 3.8) is 0 Å². The van der Waals surface area contributed by atoms with Crippen LogP contribution in [0.5, 0.6) is 0 Å². The Labute approximate surface area is 140 Å². The van der Waals surface area contributed by atoms with Gasteiger partial charge in [-0.15, -0.1) is 0 Å². The highest BCUT2D eigenvalue weighted by molar-refractivity contribution is 6.37. The van der Waals surface area contributed by atoms with Crippen LogP contribution in [0.1, 0.15) is 16.8 Å². The number of aromatic nitrogens is 2. The van der Waals surface area contributed by atoms with Gasteiger partial charge in [0.05, 0.1) is 21.3 Å². The van der Waals surface area contributed by atoms with Crippen LogP contribution < -0.4 is 5.56 Å². The molecule has 24 heavy (non-hydrogen) atoms. The molecule has 3 nitrogen and oxygen atoms in total. The molecule has 0 aliphatic heterocycles. The molecule has 0 N–H and O–H groups in total. The molecule has 2 aromatic rings. The van der Waals surface area contributed by atoms with Crippen molar-refractivity contribution in [2.24, 2.45) is 0 Å². The van der Waals surface area contributed by atoms with Gasteiger partial charge in [-0.2, -0.15) is 26.3 Å². The van der Waals surface area contributed by atoms with Crippen molar-refractivity contribution in [3.05, 3.63) is 55.7 Å². The van der Waals surface area contributed by atoms with Crippen molar-refractivity contribution in [3.8, 4) is 5.69 Å². The van der Waals surface area contributed by atoms with Crippen LogP contribution in [0.3, 0.4) is 0 Å². The molecule has 0 bridgehead atoms. The van der Waals surface area contributed by atoms with E-state index in [4.69, 9.17) is 23.2 Å². The summed E-state index contributed by atoms with van der Waals surface area (Å²) in [6.07, 6.45) is -9.07. The molecule has 0 aliphatic rings. The van der Waals surface area contributed by atoms with Crippen molar-refractivity contribution in [2.45, 2.75) is 19.3 Å². The molecule has 1 heterocycles. The van der Waals surface area contributed by atoms with Gasteiger partial charge in [-0.1, -0.05) is 23.2 Å². The monoisotopic (exact) mass is 390 g/mol. The van der Waals surface area contributed by atoms with Gasteiger partial charge in [0, 0.05) is 5.56 Å². The maximum Gasteiger partial charge on any atom is 0.433 e. The standard InChI is InChI=1S/C13H6Cl2F6N2O/c1-5-10(13(19,20)21)22-4-23(11(5)24)9-7(14)2-6(3-8(9)15)12(16,17)18/h2-4H,1H3. The van der Waals surface area contributed by atoms with Gasteiger partial charge in [-0.3, -0.25) is 9.36 Å². The second-order valence-electron chi connectivity index (χ2n) is 4.68. The lowest BCUT2D eigenvalue weighted by atomic mass is 10.2. The summed E-state index contributed by atoms with van der Waals surface area (Å²) in [7, 11) is 0. The fourth-order valence-electron chi connectivity index (χ4n) is 1.95. The normalized spacial score (nSPS) is 12.5. The highest BCUT2D eigenvalue weighted by atomic mass is 35.5. The highest BCUT2D eigenvalue weighted by Gasteiger charge is 2.36. The summed E-state index contributed by atoms with van der Waals surface area (Å²) in [6, 6.07) is 1.03. The molecule has 0 atom stereocenters. The first-order valence-corrected chi connectivity index (χ1v) is 6.81. The molecule has 0 aliphatic carbocycles. The predicted molar refractivity (Wildman–Crippen MR) is 74.6 cm³/mol. The van der Waals surface area contributed by atoms with E-state index in [2.05, 4.69) is 4.98 Å². The first-order chi connectivity index (χ1) is 10.8. The first-order valence-electron chi connectivity index (χ1n) is 6.06. The van der Waals surface area contributed by atoms with E-state index < -0.39 is 44.8 Å². The molecule has 0 saturated carbocycles. The second kappa shape index (κ2) is 5.96. The maximum absolute atomic E-state index is 12.7. The molecule has 0 spiro atoms. The average molecular weight is 391 g/mol. The number of rotatable bonds is 1. The molecule has 1 aromatic carbocycles.